The van der Waals surface area contributed by atoms with Crippen LogP contribution < -0.4 is 0 Å². The van der Waals surface area contributed by atoms with E-state index in [0.717, 1.165) is 17.5 Å². The lowest BCUT2D eigenvalue weighted by molar-refractivity contribution is -0.137. The van der Waals surface area contributed by atoms with Gasteiger partial charge in [-0.25, -0.2) is 0 Å². The van der Waals surface area contributed by atoms with Gasteiger partial charge in [0.15, 0.2) is 0 Å². The van der Waals surface area contributed by atoms with Crippen LogP contribution in [0.15, 0.2) is 42.5 Å². The molecule has 0 saturated carbocycles. The molecular weight excluding hydrogens is 277 g/mol. The van der Waals surface area contributed by atoms with Crippen molar-refractivity contribution in [2.45, 2.75) is 26.2 Å². The lowest BCUT2D eigenvalue weighted by Crippen LogP contribution is -2.18. The Kier molecular flexibility index (Phi) is 4.63. The van der Waals surface area contributed by atoms with Crippen LogP contribution in [-0.4, -0.2) is 16.9 Å². The van der Waals surface area contributed by atoms with Crippen molar-refractivity contribution in [1.29, 1.82) is 0 Å². The Labute approximate surface area is 122 Å². The molecule has 0 aliphatic rings. The largest absolute Gasteiger partial charge is 0.416 e. The third-order valence-electron chi connectivity index (χ3n) is 3.08. The molecule has 0 bridgehead atoms. The summed E-state index contributed by atoms with van der Waals surface area (Å²) < 4.78 is 38.0. The van der Waals surface area contributed by atoms with Gasteiger partial charge in [0.1, 0.15) is 0 Å². The van der Waals surface area contributed by atoms with Crippen LogP contribution in [0, 0.1) is 6.92 Å². The zero-order valence-electron chi connectivity index (χ0n) is 12.0. The molecule has 0 radical (unpaired) electrons. The van der Waals surface area contributed by atoms with Gasteiger partial charge in [0.05, 0.1) is 11.3 Å². The van der Waals surface area contributed by atoms with Crippen LogP contribution in [0.2, 0.25) is 0 Å². The summed E-state index contributed by atoms with van der Waals surface area (Å²) in [6.45, 7) is 2.95. The minimum atomic E-state index is -4.30. The van der Waals surface area contributed by atoms with E-state index < -0.39 is 11.7 Å². The summed E-state index contributed by atoms with van der Waals surface area (Å²) in [6, 6.07) is 11.2. The van der Waals surface area contributed by atoms with E-state index in [0.29, 0.717) is 18.7 Å². The molecule has 2 aromatic rings. The van der Waals surface area contributed by atoms with Crippen LogP contribution in [0.3, 0.4) is 0 Å². The molecule has 21 heavy (non-hydrogen) atoms. The van der Waals surface area contributed by atoms with Crippen molar-refractivity contribution >= 4 is 0 Å². The number of rotatable bonds is 4. The Morgan fingerprint density at radius 2 is 1.76 bits per heavy atom. The molecule has 0 amide bonds. The number of alkyl halides is 3. The van der Waals surface area contributed by atoms with Crippen LogP contribution >= 0.6 is 0 Å². The van der Waals surface area contributed by atoms with Gasteiger partial charge >= 0.3 is 6.18 Å². The van der Waals surface area contributed by atoms with Gasteiger partial charge in [-0.15, -0.1) is 0 Å². The van der Waals surface area contributed by atoms with Crippen LogP contribution in [-0.2, 0) is 19.3 Å². The van der Waals surface area contributed by atoms with Crippen LogP contribution in [0.4, 0.5) is 13.2 Å². The maximum atomic E-state index is 12.7. The average Bonchev–Trinajstić information content (AvgIpc) is 2.37. The van der Waals surface area contributed by atoms with Gasteiger partial charge < -0.3 is 0 Å². The van der Waals surface area contributed by atoms with Crippen molar-refractivity contribution in [3.8, 4) is 0 Å². The number of hydrogen-bond donors (Lipinski definition) is 0. The molecule has 1 aromatic heterocycles. The van der Waals surface area contributed by atoms with Crippen LogP contribution in [0.25, 0.3) is 0 Å². The molecule has 0 N–H and O–H groups in total. The summed E-state index contributed by atoms with van der Waals surface area (Å²) in [5.41, 5.74) is 1.87. The number of nitrogens with zero attached hydrogens (tertiary/aromatic N) is 2. The zero-order valence-corrected chi connectivity index (χ0v) is 12.0. The minimum absolute atomic E-state index is 0.444. The maximum absolute atomic E-state index is 12.7. The molecule has 0 aliphatic heterocycles. The first-order valence-corrected chi connectivity index (χ1v) is 6.62. The predicted molar refractivity (Wildman–Crippen MR) is 75.6 cm³/mol. The smallest absolute Gasteiger partial charge is 0.296 e. The molecule has 112 valence electrons. The van der Waals surface area contributed by atoms with Crippen molar-refractivity contribution in [1.82, 2.24) is 9.88 Å². The first-order valence-electron chi connectivity index (χ1n) is 6.62. The van der Waals surface area contributed by atoms with Crippen molar-refractivity contribution in [3.63, 3.8) is 0 Å². The Hall–Kier alpha value is -1.88. The summed E-state index contributed by atoms with van der Waals surface area (Å²) in [5.74, 6) is 0. The Balaban J connectivity index is 2.04. The van der Waals surface area contributed by atoms with Crippen LogP contribution in [0.1, 0.15) is 22.5 Å². The fourth-order valence-electron chi connectivity index (χ4n) is 2.18. The second kappa shape index (κ2) is 6.26. The summed E-state index contributed by atoms with van der Waals surface area (Å²) in [4.78, 5) is 6.33. The van der Waals surface area contributed by atoms with Gasteiger partial charge in [-0.2, -0.15) is 13.2 Å². The maximum Gasteiger partial charge on any atom is 0.416 e. The third kappa shape index (κ3) is 4.56. The van der Waals surface area contributed by atoms with Gasteiger partial charge in [0, 0.05) is 18.8 Å². The molecule has 0 unspecified atom stereocenters. The molecule has 5 heteroatoms. The standard InChI is InChI=1S/C16H17F3N2/c1-12-5-3-8-15(20-12)11-21(2)10-13-6-4-7-14(9-13)16(17,18)19/h3-9H,10-11H2,1-2H3. The van der Waals surface area contributed by atoms with E-state index in [1.807, 2.05) is 37.1 Å². The molecule has 0 saturated heterocycles. The quantitative estimate of drug-likeness (QED) is 0.846. The first-order chi connectivity index (χ1) is 9.84. The highest BCUT2D eigenvalue weighted by Gasteiger charge is 2.30. The molecule has 0 spiro atoms. The van der Waals surface area contributed by atoms with E-state index in [1.165, 1.54) is 12.1 Å². The van der Waals surface area contributed by atoms with Crippen molar-refractivity contribution in [2.75, 3.05) is 7.05 Å². The van der Waals surface area contributed by atoms with Crippen molar-refractivity contribution < 1.29 is 13.2 Å². The highest BCUT2D eigenvalue weighted by molar-refractivity contribution is 5.25. The first kappa shape index (κ1) is 15.5. The zero-order chi connectivity index (χ0) is 15.5. The monoisotopic (exact) mass is 294 g/mol. The SMILES string of the molecule is Cc1cccc(CN(C)Cc2cccc(C(F)(F)F)c2)n1. The van der Waals surface area contributed by atoms with Gasteiger partial charge in [-0.1, -0.05) is 24.3 Å². The normalized spacial score (nSPS) is 11.9. The number of aryl methyl sites for hydroxylation is 1. The molecule has 1 heterocycles. The predicted octanol–water partition coefficient (Wildman–Crippen LogP) is 4.04. The fraction of sp³-hybridized carbons (Fsp3) is 0.312. The Morgan fingerprint density at radius 3 is 2.43 bits per heavy atom. The molecular formula is C16H17F3N2. The van der Waals surface area contributed by atoms with Gasteiger partial charge in [0.25, 0.3) is 0 Å². The molecule has 0 atom stereocenters. The lowest BCUT2D eigenvalue weighted by atomic mass is 10.1. The second-order valence-corrected chi connectivity index (χ2v) is 5.14. The van der Waals surface area contributed by atoms with Crippen LogP contribution in [0.5, 0.6) is 0 Å². The summed E-state index contributed by atoms with van der Waals surface area (Å²) in [6.07, 6.45) is -4.30. The van der Waals surface area contributed by atoms with Gasteiger partial charge in [-0.05, 0) is 37.7 Å². The summed E-state index contributed by atoms with van der Waals surface area (Å²) >= 11 is 0. The number of pyridine rings is 1. The lowest BCUT2D eigenvalue weighted by Gasteiger charge is -2.17. The molecule has 2 nitrogen and oxygen atoms in total. The topological polar surface area (TPSA) is 16.1 Å². The average molecular weight is 294 g/mol. The van der Waals surface area contributed by atoms with E-state index >= 15 is 0 Å². The number of halogens is 3. The third-order valence-corrected chi connectivity index (χ3v) is 3.08. The number of aromatic nitrogens is 1. The van der Waals surface area contributed by atoms with E-state index in [-0.39, 0.29) is 0 Å². The molecule has 0 fully saturated rings. The van der Waals surface area contributed by atoms with E-state index in [1.54, 1.807) is 6.07 Å². The van der Waals surface area contributed by atoms with Gasteiger partial charge in [0.2, 0.25) is 0 Å². The van der Waals surface area contributed by atoms with Crippen molar-refractivity contribution in [3.05, 3.63) is 65.0 Å². The second-order valence-electron chi connectivity index (χ2n) is 5.14. The molecule has 0 aliphatic carbocycles. The molecule has 1 aromatic carbocycles. The highest BCUT2D eigenvalue weighted by Crippen LogP contribution is 2.29. The minimum Gasteiger partial charge on any atom is -0.296 e. The van der Waals surface area contributed by atoms with E-state index in [2.05, 4.69) is 4.98 Å². The Morgan fingerprint density at radius 1 is 1.05 bits per heavy atom. The van der Waals surface area contributed by atoms with Gasteiger partial charge in [-0.3, -0.25) is 9.88 Å². The fourth-order valence-corrected chi connectivity index (χ4v) is 2.18. The highest BCUT2D eigenvalue weighted by atomic mass is 19.4. The van der Waals surface area contributed by atoms with E-state index in [4.69, 9.17) is 0 Å². The number of hydrogen-bond acceptors (Lipinski definition) is 2. The summed E-state index contributed by atoms with van der Waals surface area (Å²) in [7, 11) is 1.87. The Bertz CT molecular complexity index is 608. The summed E-state index contributed by atoms with van der Waals surface area (Å²) in [5, 5.41) is 0. The van der Waals surface area contributed by atoms with Crippen molar-refractivity contribution in [2.24, 2.45) is 0 Å². The van der Waals surface area contributed by atoms with E-state index in [9.17, 15) is 13.2 Å². The molecule has 2 rings (SSSR count). The number of benzene rings is 1.